The molecule has 22 heavy (non-hydrogen) atoms. The first kappa shape index (κ1) is 16.0. The van der Waals surface area contributed by atoms with Gasteiger partial charge in [0.05, 0.1) is 12.6 Å². The van der Waals surface area contributed by atoms with Gasteiger partial charge in [-0.25, -0.2) is 9.18 Å². The van der Waals surface area contributed by atoms with Crippen LogP contribution in [0.3, 0.4) is 0 Å². The molecule has 2 rings (SSSR count). The third-order valence-corrected chi connectivity index (χ3v) is 3.18. The molecule has 1 atom stereocenters. The van der Waals surface area contributed by atoms with E-state index in [1.165, 1.54) is 6.07 Å². The molecule has 0 saturated carbocycles. The van der Waals surface area contributed by atoms with Gasteiger partial charge in [0.25, 0.3) is 0 Å². The lowest BCUT2D eigenvalue weighted by Crippen LogP contribution is -2.39. The largest absolute Gasteiger partial charge is 0.445 e. The van der Waals surface area contributed by atoms with Crippen LogP contribution in [0, 0.1) is 5.82 Å². The summed E-state index contributed by atoms with van der Waals surface area (Å²) in [7, 11) is 0. The Labute approximate surface area is 128 Å². The third-order valence-electron chi connectivity index (χ3n) is 3.18. The summed E-state index contributed by atoms with van der Waals surface area (Å²) >= 11 is 0. The number of alkyl carbamates (subject to hydrolysis) is 1. The first-order valence-electron chi connectivity index (χ1n) is 7.00. The highest BCUT2D eigenvalue weighted by atomic mass is 19.1. The summed E-state index contributed by atoms with van der Waals surface area (Å²) in [6.07, 6.45) is -0.442. The van der Waals surface area contributed by atoms with Gasteiger partial charge in [0, 0.05) is 0 Å². The Kier molecular flexibility index (Phi) is 5.91. The van der Waals surface area contributed by atoms with E-state index in [-0.39, 0.29) is 25.5 Å². The molecule has 0 aliphatic heterocycles. The lowest BCUT2D eigenvalue weighted by atomic mass is 10.1. The molecule has 1 unspecified atom stereocenters. The summed E-state index contributed by atoms with van der Waals surface area (Å²) in [5.41, 5.74) is 1.30. The van der Waals surface area contributed by atoms with Crippen LogP contribution in [0.4, 0.5) is 9.18 Å². The summed E-state index contributed by atoms with van der Waals surface area (Å²) in [6, 6.07) is 14.9. The molecule has 0 aliphatic carbocycles. The minimum absolute atomic E-state index is 0.143. The number of ether oxygens (including phenoxy) is 1. The second-order valence-corrected chi connectivity index (χ2v) is 4.88. The van der Waals surface area contributed by atoms with Gasteiger partial charge in [0.1, 0.15) is 12.4 Å². The van der Waals surface area contributed by atoms with Crippen LogP contribution in [0.15, 0.2) is 54.6 Å². The quantitative estimate of drug-likeness (QED) is 0.862. The van der Waals surface area contributed by atoms with Crippen molar-refractivity contribution in [3.8, 4) is 0 Å². The molecule has 0 fully saturated rings. The normalized spacial score (nSPS) is 11.7. The average Bonchev–Trinajstić information content (AvgIpc) is 2.55. The minimum Gasteiger partial charge on any atom is -0.445 e. The summed E-state index contributed by atoms with van der Waals surface area (Å²) < 4.78 is 18.6. The monoisotopic (exact) mass is 303 g/mol. The van der Waals surface area contributed by atoms with Crippen molar-refractivity contribution in [3.63, 3.8) is 0 Å². The molecule has 0 radical (unpaired) electrons. The van der Waals surface area contributed by atoms with Crippen molar-refractivity contribution < 1.29 is 19.0 Å². The molecule has 0 aliphatic rings. The number of carbonyl (C=O) groups is 1. The van der Waals surface area contributed by atoms with E-state index in [2.05, 4.69) is 5.32 Å². The fraction of sp³-hybridized carbons (Fsp3) is 0.235. The molecule has 2 aromatic carbocycles. The number of hydrogen-bond donors (Lipinski definition) is 2. The number of halogens is 1. The molecule has 0 spiro atoms. The Hall–Kier alpha value is -2.40. The highest BCUT2D eigenvalue weighted by molar-refractivity contribution is 5.67. The molecule has 0 saturated heterocycles. The van der Waals surface area contributed by atoms with E-state index < -0.39 is 12.1 Å². The van der Waals surface area contributed by atoms with Gasteiger partial charge in [-0.1, -0.05) is 48.5 Å². The Balaban J connectivity index is 1.84. The predicted octanol–water partition coefficient (Wildman–Crippen LogP) is 2.66. The predicted molar refractivity (Wildman–Crippen MR) is 80.7 cm³/mol. The summed E-state index contributed by atoms with van der Waals surface area (Å²) in [4.78, 5) is 11.7. The highest BCUT2D eigenvalue weighted by Crippen LogP contribution is 2.09. The first-order valence-corrected chi connectivity index (χ1v) is 7.00. The molecule has 2 aromatic rings. The molecule has 116 valence electrons. The van der Waals surface area contributed by atoms with Crippen molar-refractivity contribution in [2.45, 2.75) is 19.1 Å². The van der Waals surface area contributed by atoms with Crippen molar-refractivity contribution in [3.05, 3.63) is 71.5 Å². The van der Waals surface area contributed by atoms with E-state index in [0.717, 1.165) is 5.56 Å². The van der Waals surface area contributed by atoms with Crippen molar-refractivity contribution in [1.29, 1.82) is 0 Å². The Morgan fingerprint density at radius 1 is 1.14 bits per heavy atom. The van der Waals surface area contributed by atoms with Crippen molar-refractivity contribution in [2.24, 2.45) is 0 Å². The van der Waals surface area contributed by atoms with Crippen LogP contribution >= 0.6 is 0 Å². The van der Waals surface area contributed by atoms with E-state index in [4.69, 9.17) is 4.74 Å². The Morgan fingerprint density at radius 3 is 2.50 bits per heavy atom. The zero-order chi connectivity index (χ0) is 15.8. The molecule has 1 amide bonds. The van der Waals surface area contributed by atoms with Gasteiger partial charge in [-0.15, -0.1) is 0 Å². The van der Waals surface area contributed by atoms with Gasteiger partial charge >= 0.3 is 6.09 Å². The van der Waals surface area contributed by atoms with E-state index in [1.54, 1.807) is 18.2 Å². The minimum atomic E-state index is -0.640. The SMILES string of the molecule is O=C(NC(CO)Cc1ccccc1F)OCc1ccccc1. The Morgan fingerprint density at radius 2 is 1.82 bits per heavy atom. The number of aliphatic hydroxyl groups is 1. The lowest BCUT2D eigenvalue weighted by Gasteiger charge is -2.16. The number of nitrogens with one attached hydrogen (secondary N) is 1. The standard InChI is InChI=1S/C17H18FNO3/c18-16-9-5-4-8-14(16)10-15(11-20)19-17(21)22-12-13-6-2-1-3-7-13/h1-9,15,20H,10-12H2,(H,19,21). The van der Waals surface area contributed by atoms with E-state index in [1.807, 2.05) is 30.3 Å². The number of hydrogen-bond acceptors (Lipinski definition) is 3. The fourth-order valence-electron chi connectivity index (χ4n) is 2.02. The summed E-state index contributed by atoms with van der Waals surface area (Å²) in [6.45, 7) is -0.153. The van der Waals surface area contributed by atoms with Gasteiger partial charge < -0.3 is 15.2 Å². The second kappa shape index (κ2) is 8.14. The van der Waals surface area contributed by atoms with Crippen LogP contribution in [-0.2, 0) is 17.8 Å². The van der Waals surface area contributed by atoms with Crippen LogP contribution in [0.5, 0.6) is 0 Å². The van der Waals surface area contributed by atoms with E-state index in [9.17, 15) is 14.3 Å². The number of carbonyl (C=O) groups excluding carboxylic acids is 1. The van der Waals surface area contributed by atoms with E-state index >= 15 is 0 Å². The lowest BCUT2D eigenvalue weighted by molar-refractivity contribution is 0.129. The first-order chi connectivity index (χ1) is 10.7. The van der Waals surface area contributed by atoms with Crippen LogP contribution in [0.2, 0.25) is 0 Å². The van der Waals surface area contributed by atoms with Crippen molar-refractivity contribution in [1.82, 2.24) is 5.32 Å². The van der Waals surface area contributed by atoms with Gasteiger partial charge in [-0.05, 0) is 23.6 Å². The fourth-order valence-corrected chi connectivity index (χ4v) is 2.02. The van der Waals surface area contributed by atoms with Crippen LogP contribution < -0.4 is 5.32 Å². The number of aliphatic hydroxyl groups excluding tert-OH is 1. The molecular formula is C17H18FNO3. The topological polar surface area (TPSA) is 58.6 Å². The third kappa shape index (κ3) is 4.86. The highest BCUT2D eigenvalue weighted by Gasteiger charge is 2.15. The van der Waals surface area contributed by atoms with Gasteiger partial charge in [-0.2, -0.15) is 0 Å². The maximum Gasteiger partial charge on any atom is 0.407 e. The molecular weight excluding hydrogens is 285 g/mol. The average molecular weight is 303 g/mol. The van der Waals surface area contributed by atoms with Crippen molar-refractivity contribution in [2.75, 3.05) is 6.61 Å². The molecule has 0 bridgehead atoms. The molecule has 2 N–H and O–H groups in total. The maximum atomic E-state index is 13.6. The van der Waals surface area contributed by atoms with Gasteiger partial charge in [0.15, 0.2) is 0 Å². The van der Waals surface area contributed by atoms with E-state index in [0.29, 0.717) is 5.56 Å². The van der Waals surface area contributed by atoms with Crippen molar-refractivity contribution >= 4 is 6.09 Å². The maximum absolute atomic E-state index is 13.6. The number of rotatable bonds is 6. The number of benzene rings is 2. The second-order valence-electron chi connectivity index (χ2n) is 4.88. The molecule has 0 aromatic heterocycles. The molecule has 4 nitrogen and oxygen atoms in total. The van der Waals surface area contributed by atoms with Crippen LogP contribution in [0.1, 0.15) is 11.1 Å². The molecule has 5 heteroatoms. The molecule has 0 heterocycles. The summed E-state index contributed by atoms with van der Waals surface area (Å²) in [5, 5.41) is 11.9. The van der Waals surface area contributed by atoms with Crippen LogP contribution in [0.25, 0.3) is 0 Å². The number of amides is 1. The van der Waals surface area contributed by atoms with Gasteiger partial charge in [-0.3, -0.25) is 0 Å². The van der Waals surface area contributed by atoms with Crippen LogP contribution in [-0.4, -0.2) is 23.8 Å². The summed E-state index contributed by atoms with van der Waals surface area (Å²) in [5.74, 6) is -0.361. The Bertz CT molecular complexity index is 604. The zero-order valence-electron chi connectivity index (χ0n) is 12.0. The smallest absolute Gasteiger partial charge is 0.407 e. The van der Waals surface area contributed by atoms with Gasteiger partial charge in [0.2, 0.25) is 0 Å². The zero-order valence-corrected chi connectivity index (χ0v) is 12.0.